The van der Waals surface area contributed by atoms with E-state index in [1.807, 2.05) is 26.8 Å². The van der Waals surface area contributed by atoms with Gasteiger partial charge in [0.1, 0.15) is 0 Å². The van der Waals surface area contributed by atoms with E-state index >= 15 is 0 Å². The molecule has 0 aliphatic carbocycles. The van der Waals surface area contributed by atoms with Gasteiger partial charge in [0.2, 0.25) is 16.0 Å². The van der Waals surface area contributed by atoms with Crippen LogP contribution >= 0.6 is 0 Å². The summed E-state index contributed by atoms with van der Waals surface area (Å²) in [6.07, 6.45) is 1.75. The largest absolute Gasteiger partial charge is 0.348 e. The molecular weight excluding hydrogens is 288 g/mol. The van der Waals surface area contributed by atoms with Gasteiger partial charge in [0.15, 0.2) is 0 Å². The van der Waals surface area contributed by atoms with E-state index in [0.29, 0.717) is 5.95 Å². The van der Waals surface area contributed by atoms with E-state index in [0.717, 1.165) is 16.8 Å². The quantitative estimate of drug-likeness (QED) is 0.899. The van der Waals surface area contributed by atoms with E-state index in [9.17, 15) is 8.42 Å². The third-order valence-electron chi connectivity index (χ3n) is 3.26. The van der Waals surface area contributed by atoms with Crippen LogP contribution in [-0.2, 0) is 10.0 Å². The monoisotopic (exact) mass is 306 g/mol. The van der Waals surface area contributed by atoms with Gasteiger partial charge in [-0.05, 0) is 44.0 Å². The van der Waals surface area contributed by atoms with E-state index in [1.54, 1.807) is 18.3 Å². The summed E-state index contributed by atoms with van der Waals surface area (Å²) in [6.45, 7) is 5.76. The number of nitrogens with two attached hydrogens (primary N) is 1. The van der Waals surface area contributed by atoms with Crippen molar-refractivity contribution in [2.45, 2.75) is 31.7 Å². The third-order valence-corrected chi connectivity index (χ3v) is 4.17. The van der Waals surface area contributed by atoms with Gasteiger partial charge in [-0.15, -0.1) is 0 Å². The Labute approximate surface area is 124 Å². The molecule has 0 aliphatic heterocycles. The highest BCUT2D eigenvalue weighted by Crippen LogP contribution is 2.20. The number of anilines is 1. The summed E-state index contributed by atoms with van der Waals surface area (Å²) in [5.74, 6) is 0.506. The third kappa shape index (κ3) is 3.77. The topological polar surface area (TPSA) is 98.0 Å². The molecule has 0 fully saturated rings. The maximum absolute atomic E-state index is 11.4. The molecule has 0 radical (unpaired) electrons. The minimum absolute atomic E-state index is 0.0923. The lowest BCUT2D eigenvalue weighted by Gasteiger charge is -2.15. The van der Waals surface area contributed by atoms with Crippen molar-refractivity contribution in [3.8, 4) is 0 Å². The number of benzene rings is 1. The predicted molar refractivity (Wildman–Crippen MR) is 81.4 cm³/mol. The van der Waals surface area contributed by atoms with Crippen LogP contribution in [0.4, 0.5) is 5.95 Å². The van der Waals surface area contributed by atoms with E-state index in [-0.39, 0.29) is 10.9 Å². The molecule has 0 amide bonds. The van der Waals surface area contributed by atoms with Gasteiger partial charge in [-0.1, -0.05) is 12.1 Å². The summed E-state index contributed by atoms with van der Waals surface area (Å²) in [5, 5.41) is 8.29. The van der Waals surface area contributed by atoms with Crippen LogP contribution in [0, 0.1) is 13.8 Å². The van der Waals surface area contributed by atoms with Crippen LogP contribution in [0.15, 0.2) is 35.4 Å². The van der Waals surface area contributed by atoms with Crippen molar-refractivity contribution in [3.63, 3.8) is 0 Å². The molecule has 6 nitrogen and oxygen atoms in total. The van der Waals surface area contributed by atoms with Crippen LogP contribution in [0.1, 0.15) is 29.8 Å². The first-order chi connectivity index (χ1) is 9.77. The number of nitrogens with one attached hydrogen (secondary N) is 1. The van der Waals surface area contributed by atoms with Gasteiger partial charge in [-0.3, -0.25) is 0 Å². The summed E-state index contributed by atoms with van der Waals surface area (Å²) in [5.41, 5.74) is 2.71. The molecule has 1 atom stereocenters. The van der Waals surface area contributed by atoms with Gasteiger partial charge in [-0.2, -0.15) is 0 Å². The summed E-state index contributed by atoms with van der Waals surface area (Å²) < 4.78 is 22.8. The molecule has 0 bridgehead atoms. The minimum atomic E-state index is -3.70. The molecule has 7 heteroatoms. The van der Waals surface area contributed by atoms with Gasteiger partial charge in [0.25, 0.3) is 0 Å². The Morgan fingerprint density at radius 3 is 2.62 bits per heavy atom. The number of rotatable bonds is 4. The smallest absolute Gasteiger partial charge is 0.238 e. The van der Waals surface area contributed by atoms with Crippen molar-refractivity contribution >= 4 is 16.0 Å². The van der Waals surface area contributed by atoms with Crippen LogP contribution in [0.25, 0.3) is 0 Å². The highest BCUT2D eigenvalue weighted by atomic mass is 32.2. The van der Waals surface area contributed by atoms with E-state index in [4.69, 9.17) is 5.14 Å². The zero-order valence-corrected chi connectivity index (χ0v) is 13.0. The number of aryl methyl sites for hydroxylation is 2. The van der Waals surface area contributed by atoms with Crippen molar-refractivity contribution in [2.75, 3.05) is 5.32 Å². The maximum Gasteiger partial charge on any atom is 0.238 e. The fourth-order valence-corrected chi connectivity index (χ4v) is 2.40. The Morgan fingerprint density at radius 2 is 2.00 bits per heavy atom. The zero-order valence-electron chi connectivity index (χ0n) is 12.2. The number of hydrogen-bond acceptors (Lipinski definition) is 5. The molecule has 1 aromatic heterocycles. The first-order valence-corrected chi connectivity index (χ1v) is 8.01. The summed E-state index contributed by atoms with van der Waals surface area (Å²) >= 11 is 0. The Morgan fingerprint density at radius 1 is 1.29 bits per heavy atom. The van der Waals surface area contributed by atoms with E-state index < -0.39 is 10.0 Å². The number of sulfonamides is 1. The molecule has 0 saturated carbocycles. The van der Waals surface area contributed by atoms with Crippen LogP contribution in [0.2, 0.25) is 0 Å². The molecule has 21 heavy (non-hydrogen) atoms. The first kappa shape index (κ1) is 15.4. The van der Waals surface area contributed by atoms with Crippen molar-refractivity contribution < 1.29 is 8.42 Å². The molecule has 1 aromatic carbocycles. The van der Waals surface area contributed by atoms with Gasteiger partial charge in [-0.25, -0.2) is 23.5 Å². The van der Waals surface area contributed by atoms with Gasteiger partial charge >= 0.3 is 0 Å². The Hall–Kier alpha value is -1.99. The molecular formula is C14H18N4O2S. The van der Waals surface area contributed by atoms with Gasteiger partial charge < -0.3 is 5.32 Å². The second-order valence-electron chi connectivity index (χ2n) is 4.95. The zero-order chi connectivity index (χ0) is 15.6. The van der Waals surface area contributed by atoms with E-state index in [2.05, 4.69) is 15.3 Å². The number of aromatic nitrogens is 2. The Balaban J connectivity index is 2.24. The Kier molecular flexibility index (Phi) is 4.24. The van der Waals surface area contributed by atoms with Crippen molar-refractivity contribution in [1.82, 2.24) is 9.97 Å². The van der Waals surface area contributed by atoms with Crippen LogP contribution < -0.4 is 10.5 Å². The molecule has 2 rings (SSSR count). The number of hydrogen-bond donors (Lipinski definition) is 2. The lowest BCUT2D eigenvalue weighted by atomic mass is 10.1. The average molecular weight is 306 g/mol. The lowest BCUT2D eigenvalue weighted by Crippen LogP contribution is -2.14. The molecule has 0 saturated heterocycles. The highest BCUT2D eigenvalue weighted by Gasteiger charge is 2.12. The fourth-order valence-electron chi connectivity index (χ4n) is 1.83. The standard InChI is InChI=1S/C14H18N4O2S/c1-9-8-16-14(17-10(9)2)18-11(3)12-5-4-6-13(7-12)21(15,19)20/h4-8,11H,1-3H3,(H2,15,19,20)(H,16,17,18)/t11-/m0/s1. The van der Waals surface area contributed by atoms with Gasteiger partial charge in [0, 0.05) is 11.9 Å². The normalized spacial score (nSPS) is 13.0. The molecule has 0 spiro atoms. The maximum atomic E-state index is 11.4. The number of nitrogens with zero attached hydrogens (tertiary/aromatic N) is 2. The second kappa shape index (κ2) is 5.79. The summed E-state index contributed by atoms with van der Waals surface area (Å²) in [4.78, 5) is 8.65. The summed E-state index contributed by atoms with van der Waals surface area (Å²) in [7, 11) is -3.70. The van der Waals surface area contributed by atoms with Crippen LogP contribution in [0.3, 0.4) is 0 Å². The van der Waals surface area contributed by atoms with Crippen molar-refractivity contribution in [1.29, 1.82) is 0 Å². The average Bonchev–Trinajstić information content (AvgIpc) is 2.42. The molecule has 0 unspecified atom stereocenters. The van der Waals surface area contributed by atoms with Crippen LogP contribution in [-0.4, -0.2) is 18.4 Å². The second-order valence-corrected chi connectivity index (χ2v) is 6.51. The molecule has 2 aromatic rings. The van der Waals surface area contributed by atoms with Crippen molar-refractivity contribution in [3.05, 3.63) is 47.3 Å². The molecule has 1 heterocycles. The minimum Gasteiger partial charge on any atom is -0.348 e. The lowest BCUT2D eigenvalue weighted by molar-refractivity contribution is 0.597. The molecule has 112 valence electrons. The summed E-state index contributed by atoms with van der Waals surface area (Å²) in [6, 6.07) is 6.36. The molecule has 3 N–H and O–H groups in total. The predicted octanol–water partition coefficient (Wildman–Crippen LogP) is 1.91. The van der Waals surface area contributed by atoms with Gasteiger partial charge in [0.05, 0.1) is 10.9 Å². The Bertz CT molecular complexity index is 759. The highest BCUT2D eigenvalue weighted by molar-refractivity contribution is 7.89. The number of primary sulfonamides is 1. The van der Waals surface area contributed by atoms with Crippen molar-refractivity contribution in [2.24, 2.45) is 5.14 Å². The fraction of sp³-hybridized carbons (Fsp3) is 0.286. The SMILES string of the molecule is Cc1cnc(N[C@@H](C)c2cccc(S(N)(=O)=O)c2)nc1C. The van der Waals surface area contributed by atoms with Crippen LogP contribution in [0.5, 0.6) is 0 Å². The first-order valence-electron chi connectivity index (χ1n) is 6.47. The molecule has 0 aliphatic rings. The van der Waals surface area contributed by atoms with E-state index in [1.165, 1.54) is 6.07 Å².